The Morgan fingerprint density at radius 2 is 1.89 bits per heavy atom. The first-order chi connectivity index (χ1) is 13.1. The molecule has 0 unspecified atom stereocenters. The standard InChI is InChI=1S/C20H26N6O/c1-24(2)20-22-9-15(10-23-20)11-25-12-16-6-7-18(14-25)26(19(16)27)13-17-5-3-4-8-21-17/h3-5,8-10,16,18H,6-7,11-14H2,1-2H3/t16-,18+/m1/s1. The topological polar surface area (TPSA) is 65.5 Å². The molecule has 0 N–H and O–H groups in total. The van der Waals surface area contributed by atoms with Crippen LogP contribution in [0.2, 0.25) is 0 Å². The molecule has 7 heteroatoms. The molecule has 3 fully saturated rings. The van der Waals surface area contributed by atoms with Gasteiger partial charge in [0.2, 0.25) is 11.9 Å². The van der Waals surface area contributed by atoms with Crippen molar-refractivity contribution in [1.29, 1.82) is 0 Å². The van der Waals surface area contributed by atoms with Gasteiger partial charge in [0.05, 0.1) is 18.2 Å². The van der Waals surface area contributed by atoms with E-state index in [1.54, 1.807) is 6.20 Å². The lowest BCUT2D eigenvalue weighted by molar-refractivity contribution is -0.140. The number of pyridine rings is 1. The maximum atomic E-state index is 13.0. The molecule has 0 aliphatic carbocycles. The smallest absolute Gasteiger partial charge is 0.227 e. The lowest BCUT2D eigenvalue weighted by Gasteiger charge is -2.35. The van der Waals surface area contributed by atoms with Gasteiger partial charge in [-0.2, -0.15) is 0 Å². The van der Waals surface area contributed by atoms with Crippen LogP contribution in [0.5, 0.6) is 0 Å². The van der Waals surface area contributed by atoms with Crippen molar-refractivity contribution in [2.24, 2.45) is 5.92 Å². The number of anilines is 1. The Morgan fingerprint density at radius 3 is 2.59 bits per heavy atom. The van der Waals surface area contributed by atoms with Crippen LogP contribution < -0.4 is 4.90 Å². The Hall–Kier alpha value is -2.54. The zero-order valence-electron chi connectivity index (χ0n) is 16.0. The fourth-order valence-corrected chi connectivity index (χ4v) is 4.05. The van der Waals surface area contributed by atoms with Crippen molar-refractivity contribution in [3.05, 3.63) is 48.0 Å². The highest BCUT2D eigenvalue weighted by molar-refractivity contribution is 5.80. The molecule has 3 aliphatic rings. The van der Waals surface area contributed by atoms with Crippen molar-refractivity contribution < 1.29 is 4.79 Å². The van der Waals surface area contributed by atoms with Crippen LogP contribution >= 0.6 is 0 Å². The minimum atomic E-state index is 0.0782. The average Bonchev–Trinajstić information content (AvgIpc) is 2.94. The van der Waals surface area contributed by atoms with E-state index in [0.29, 0.717) is 12.5 Å². The van der Waals surface area contributed by atoms with E-state index in [1.165, 1.54) is 0 Å². The van der Waals surface area contributed by atoms with Crippen LogP contribution in [0.1, 0.15) is 24.1 Å². The summed E-state index contributed by atoms with van der Waals surface area (Å²) in [4.78, 5) is 32.5. The van der Waals surface area contributed by atoms with Gasteiger partial charge in [0.1, 0.15) is 0 Å². The molecule has 0 aromatic carbocycles. The van der Waals surface area contributed by atoms with Crippen molar-refractivity contribution in [2.45, 2.75) is 32.0 Å². The van der Waals surface area contributed by atoms with Crippen molar-refractivity contribution in [3.63, 3.8) is 0 Å². The molecule has 2 bridgehead atoms. The van der Waals surface area contributed by atoms with Gasteiger partial charge in [-0.05, 0) is 25.0 Å². The minimum absolute atomic E-state index is 0.0782. The number of nitrogens with zero attached hydrogens (tertiary/aromatic N) is 6. The van der Waals surface area contributed by atoms with E-state index in [0.717, 1.165) is 43.7 Å². The summed E-state index contributed by atoms with van der Waals surface area (Å²) in [6.07, 6.45) is 7.62. The van der Waals surface area contributed by atoms with Crippen molar-refractivity contribution in [3.8, 4) is 0 Å². The van der Waals surface area contributed by atoms with Crippen LogP contribution in [0, 0.1) is 5.92 Å². The Labute approximate surface area is 160 Å². The number of amides is 1. The SMILES string of the molecule is CN(C)c1ncc(CN2C[C@H]3CC[C@@H](C2)N(Cc2ccccn2)C3=O)cn1. The summed E-state index contributed by atoms with van der Waals surface area (Å²) in [5.41, 5.74) is 2.04. The van der Waals surface area contributed by atoms with Crippen LogP contribution in [-0.2, 0) is 17.9 Å². The molecule has 2 atom stereocenters. The van der Waals surface area contributed by atoms with Crippen LogP contribution in [0.15, 0.2) is 36.8 Å². The van der Waals surface area contributed by atoms with Crippen LogP contribution in [-0.4, -0.2) is 63.9 Å². The number of hydrogen-bond acceptors (Lipinski definition) is 6. The fourth-order valence-electron chi connectivity index (χ4n) is 4.05. The molecule has 0 saturated carbocycles. The first kappa shape index (κ1) is 17.9. The number of carbonyl (C=O) groups is 1. The van der Waals surface area contributed by atoms with Crippen molar-refractivity contribution in [1.82, 2.24) is 24.8 Å². The Bertz CT molecular complexity index is 779. The maximum Gasteiger partial charge on any atom is 0.227 e. The third-order valence-electron chi connectivity index (χ3n) is 5.43. The first-order valence-corrected chi connectivity index (χ1v) is 9.51. The van der Waals surface area contributed by atoms with E-state index in [1.807, 2.05) is 54.5 Å². The van der Waals surface area contributed by atoms with Gasteiger partial charge in [0.25, 0.3) is 0 Å². The highest BCUT2D eigenvalue weighted by atomic mass is 16.2. The molecule has 3 saturated heterocycles. The van der Waals surface area contributed by atoms with Crippen LogP contribution in [0.4, 0.5) is 5.95 Å². The van der Waals surface area contributed by atoms with Gasteiger partial charge >= 0.3 is 0 Å². The molecule has 5 heterocycles. The van der Waals surface area contributed by atoms with Gasteiger partial charge < -0.3 is 9.80 Å². The molecule has 3 aliphatic heterocycles. The number of aromatic nitrogens is 3. The Morgan fingerprint density at radius 1 is 1.07 bits per heavy atom. The summed E-state index contributed by atoms with van der Waals surface area (Å²) in [5, 5.41) is 0. The number of rotatable bonds is 5. The maximum absolute atomic E-state index is 13.0. The third kappa shape index (κ3) is 3.93. The summed E-state index contributed by atoms with van der Waals surface area (Å²) < 4.78 is 0. The van der Waals surface area contributed by atoms with E-state index in [2.05, 4.69) is 19.9 Å². The summed E-state index contributed by atoms with van der Waals surface area (Å²) >= 11 is 0. The van der Waals surface area contributed by atoms with Gasteiger partial charge in [-0.15, -0.1) is 0 Å². The second-order valence-corrected chi connectivity index (χ2v) is 7.70. The molecule has 5 rings (SSSR count). The fraction of sp³-hybridized carbons (Fsp3) is 0.500. The monoisotopic (exact) mass is 366 g/mol. The molecule has 0 spiro atoms. The molecule has 0 radical (unpaired) electrons. The van der Waals surface area contributed by atoms with Gasteiger partial charge in [0, 0.05) is 63.9 Å². The predicted octanol–water partition coefficient (Wildman–Crippen LogP) is 1.56. The summed E-state index contributed by atoms with van der Waals surface area (Å²) in [5.74, 6) is 1.07. The number of piperidine rings is 1. The molecular formula is C20H26N6O. The van der Waals surface area contributed by atoms with Crippen LogP contribution in [0.3, 0.4) is 0 Å². The Kier molecular flexibility index (Phi) is 5.03. The molecule has 27 heavy (non-hydrogen) atoms. The van der Waals surface area contributed by atoms with E-state index in [4.69, 9.17) is 0 Å². The van der Waals surface area contributed by atoms with Gasteiger partial charge in [0.15, 0.2) is 0 Å². The summed E-state index contributed by atoms with van der Waals surface area (Å²) in [6.45, 7) is 3.09. The normalized spacial score (nSPS) is 22.7. The van der Waals surface area contributed by atoms with E-state index in [-0.39, 0.29) is 17.9 Å². The molecule has 142 valence electrons. The Balaban J connectivity index is 1.46. The largest absolute Gasteiger partial charge is 0.347 e. The number of carbonyl (C=O) groups excluding carboxylic acids is 1. The molecule has 7 nitrogen and oxygen atoms in total. The zero-order valence-corrected chi connectivity index (χ0v) is 16.0. The highest BCUT2D eigenvalue weighted by Crippen LogP contribution is 2.30. The van der Waals surface area contributed by atoms with E-state index >= 15 is 0 Å². The average molecular weight is 366 g/mol. The van der Waals surface area contributed by atoms with Crippen molar-refractivity contribution in [2.75, 3.05) is 32.1 Å². The minimum Gasteiger partial charge on any atom is -0.347 e. The number of fused-ring (bicyclic) bond motifs is 4. The number of hydrogen-bond donors (Lipinski definition) is 0. The van der Waals surface area contributed by atoms with Gasteiger partial charge in [-0.1, -0.05) is 6.07 Å². The van der Waals surface area contributed by atoms with Gasteiger partial charge in [-0.3, -0.25) is 14.7 Å². The summed E-state index contributed by atoms with van der Waals surface area (Å²) in [7, 11) is 3.87. The molecule has 1 amide bonds. The van der Waals surface area contributed by atoms with E-state index in [9.17, 15) is 4.79 Å². The quantitative estimate of drug-likeness (QED) is 0.800. The summed E-state index contributed by atoms with van der Waals surface area (Å²) in [6, 6.07) is 6.13. The molecule has 2 aromatic rings. The van der Waals surface area contributed by atoms with E-state index < -0.39 is 0 Å². The molecular weight excluding hydrogens is 340 g/mol. The highest BCUT2D eigenvalue weighted by Gasteiger charge is 2.40. The zero-order chi connectivity index (χ0) is 18.8. The van der Waals surface area contributed by atoms with Crippen LogP contribution in [0.25, 0.3) is 0 Å². The second-order valence-electron chi connectivity index (χ2n) is 7.70. The van der Waals surface area contributed by atoms with Crippen molar-refractivity contribution >= 4 is 11.9 Å². The predicted molar refractivity (Wildman–Crippen MR) is 103 cm³/mol. The second kappa shape index (κ2) is 7.60. The lowest BCUT2D eigenvalue weighted by Crippen LogP contribution is -2.47. The third-order valence-corrected chi connectivity index (χ3v) is 5.43. The van der Waals surface area contributed by atoms with Gasteiger partial charge in [-0.25, -0.2) is 9.97 Å². The lowest BCUT2D eigenvalue weighted by atomic mass is 9.94. The first-order valence-electron chi connectivity index (χ1n) is 9.51. The molecule has 2 aromatic heterocycles.